The van der Waals surface area contributed by atoms with E-state index in [-0.39, 0.29) is 24.5 Å². The molecule has 78 valence electrons. The largest absolute Gasteiger partial charge is 0.363 e. The molecule has 4 unspecified atom stereocenters. The second kappa shape index (κ2) is 3.31. The van der Waals surface area contributed by atoms with Crippen LogP contribution in [0.1, 0.15) is 6.42 Å². The van der Waals surface area contributed by atoms with Gasteiger partial charge in [-0.15, -0.1) is 0 Å². The maximum Gasteiger partial charge on any atom is 0.246 e. The van der Waals surface area contributed by atoms with Crippen LogP contribution in [0.5, 0.6) is 0 Å². The van der Waals surface area contributed by atoms with Crippen molar-refractivity contribution < 1.29 is 18.3 Å². The zero-order valence-electron chi connectivity index (χ0n) is 7.50. The van der Waals surface area contributed by atoms with E-state index >= 15 is 0 Å². The number of morpholine rings is 1. The normalized spacial score (nSPS) is 43.0. The average Bonchev–Trinajstić information content (AvgIpc) is 2.14. The van der Waals surface area contributed by atoms with E-state index in [1.165, 1.54) is 0 Å². The Kier molecular flexibility index (Phi) is 2.26. The number of nitrogens with one attached hydrogen (secondary N) is 1. The van der Waals surface area contributed by atoms with Crippen LogP contribution in [0.3, 0.4) is 0 Å². The third kappa shape index (κ3) is 1.41. The molecular formula is C9H11F2NO2. The summed E-state index contributed by atoms with van der Waals surface area (Å²) in [4.78, 5) is 10.9. The van der Waals surface area contributed by atoms with Crippen LogP contribution >= 0.6 is 0 Å². The minimum Gasteiger partial charge on any atom is -0.363 e. The maximum atomic E-state index is 13.4. The highest BCUT2D eigenvalue weighted by atomic mass is 19.2. The molecular weight excluding hydrogens is 192 g/mol. The molecule has 0 bridgehead atoms. The molecule has 4 atom stereocenters. The summed E-state index contributed by atoms with van der Waals surface area (Å²) in [5.74, 6) is -0.288. The lowest BCUT2D eigenvalue weighted by Crippen LogP contribution is -2.59. The van der Waals surface area contributed by atoms with Gasteiger partial charge in [-0.3, -0.25) is 4.79 Å². The molecule has 0 radical (unpaired) electrons. The van der Waals surface area contributed by atoms with Gasteiger partial charge in [-0.1, -0.05) is 6.58 Å². The lowest BCUT2D eigenvalue weighted by Gasteiger charge is -2.40. The van der Waals surface area contributed by atoms with E-state index in [2.05, 4.69) is 11.9 Å². The van der Waals surface area contributed by atoms with E-state index in [0.29, 0.717) is 0 Å². The molecule has 0 aromatic rings. The molecule has 1 amide bonds. The van der Waals surface area contributed by atoms with Crippen LogP contribution in [0, 0.1) is 0 Å². The molecule has 2 rings (SSSR count). The fourth-order valence-corrected chi connectivity index (χ4v) is 1.89. The van der Waals surface area contributed by atoms with E-state index in [1.807, 2.05) is 0 Å². The van der Waals surface area contributed by atoms with E-state index in [4.69, 9.17) is 4.74 Å². The van der Waals surface area contributed by atoms with Gasteiger partial charge in [0, 0.05) is 0 Å². The highest BCUT2D eigenvalue weighted by Gasteiger charge is 2.45. The Morgan fingerprint density at radius 2 is 2.21 bits per heavy atom. The van der Waals surface area contributed by atoms with Crippen molar-refractivity contribution in [3.63, 3.8) is 0 Å². The second-order valence-corrected chi connectivity index (χ2v) is 3.66. The molecule has 1 saturated carbocycles. The first-order valence-electron chi connectivity index (χ1n) is 4.46. The molecule has 1 aliphatic carbocycles. The first-order valence-corrected chi connectivity index (χ1v) is 4.46. The van der Waals surface area contributed by atoms with Gasteiger partial charge in [-0.25, -0.2) is 8.78 Å². The van der Waals surface area contributed by atoms with Crippen molar-refractivity contribution in [2.75, 3.05) is 6.61 Å². The molecule has 1 heterocycles. The minimum absolute atomic E-state index is 0.185. The number of amides is 1. The topological polar surface area (TPSA) is 38.3 Å². The molecule has 0 aromatic heterocycles. The lowest BCUT2D eigenvalue weighted by molar-refractivity contribution is -0.145. The number of carbonyl (C=O) groups is 1. The van der Waals surface area contributed by atoms with Gasteiger partial charge in [0.05, 0.1) is 6.04 Å². The smallest absolute Gasteiger partial charge is 0.246 e. The van der Waals surface area contributed by atoms with Crippen LogP contribution in [0.15, 0.2) is 12.2 Å². The number of carbonyl (C=O) groups excluding carboxylic acids is 1. The zero-order valence-corrected chi connectivity index (χ0v) is 7.50. The number of fused-ring (bicyclic) bond motifs is 1. The Bertz CT molecular complexity index is 282. The highest BCUT2D eigenvalue weighted by molar-refractivity contribution is 5.78. The quantitative estimate of drug-likeness (QED) is 0.582. The molecule has 2 aliphatic rings. The van der Waals surface area contributed by atoms with Crippen molar-refractivity contribution in [1.82, 2.24) is 5.32 Å². The Hall–Kier alpha value is -0.970. The molecule has 5 heteroatoms. The van der Waals surface area contributed by atoms with Gasteiger partial charge < -0.3 is 10.1 Å². The van der Waals surface area contributed by atoms with Crippen molar-refractivity contribution in [1.29, 1.82) is 0 Å². The first-order chi connectivity index (χ1) is 6.59. The summed E-state index contributed by atoms with van der Waals surface area (Å²) in [7, 11) is 0. The van der Waals surface area contributed by atoms with Crippen molar-refractivity contribution >= 4 is 5.91 Å². The van der Waals surface area contributed by atoms with Crippen molar-refractivity contribution in [3.8, 4) is 0 Å². The van der Waals surface area contributed by atoms with Crippen molar-refractivity contribution in [2.24, 2.45) is 0 Å². The summed E-state index contributed by atoms with van der Waals surface area (Å²) in [5.41, 5.74) is 0.185. The summed E-state index contributed by atoms with van der Waals surface area (Å²) in [6, 6.07) is -0.467. The summed E-state index contributed by atoms with van der Waals surface area (Å²) >= 11 is 0. The number of rotatable bonds is 0. The summed E-state index contributed by atoms with van der Waals surface area (Å²) < 4.78 is 31.5. The molecule has 0 spiro atoms. The Labute approximate surface area is 80.1 Å². The monoisotopic (exact) mass is 203 g/mol. The van der Waals surface area contributed by atoms with Gasteiger partial charge in [-0.2, -0.15) is 0 Å². The highest BCUT2D eigenvalue weighted by Crippen LogP contribution is 2.31. The Morgan fingerprint density at radius 1 is 1.50 bits per heavy atom. The van der Waals surface area contributed by atoms with Crippen LogP contribution in [-0.2, 0) is 9.53 Å². The molecule has 3 nitrogen and oxygen atoms in total. The maximum absolute atomic E-state index is 13.4. The summed E-state index contributed by atoms with van der Waals surface area (Å²) in [5, 5.41) is 2.57. The van der Waals surface area contributed by atoms with Gasteiger partial charge in [0.25, 0.3) is 0 Å². The van der Waals surface area contributed by atoms with Gasteiger partial charge in [0.2, 0.25) is 5.91 Å². The number of hydrogen-bond donors (Lipinski definition) is 1. The number of hydrogen-bond acceptors (Lipinski definition) is 2. The van der Waals surface area contributed by atoms with Crippen LogP contribution < -0.4 is 5.32 Å². The lowest BCUT2D eigenvalue weighted by atomic mass is 9.85. The van der Waals surface area contributed by atoms with E-state index < -0.39 is 24.5 Å². The summed E-state index contributed by atoms with van der Waals surface area (Å²) in [6.45, 7) is 3.25. The molecule has 0 aromatic carbocycles. The second-order valence-electron chi connectivity index (χ2n) is 3.66. The Balaban J connectivity index is 2.15. The molecule has 14 heavy (non-hydrogen) atoms. The molecule has 1 saturated heterocycles. The van der Waals surface area contributed by atoms with Crippen molar-refractivity contribution in [2.45, 2.75) is 30.9 Å². The van der Waals surface area contributed by atoms with E-state index in [9.17, 15) is 13.6 Å². The molecule has 2 fully saturated rings. The third-order valence-electron chi connectivity index (χ3n) is 2.62. The predicted molar refractivity (Wildman–Crippen MR) is 45.2 cm³/mol. The third-order valence-corrected chi connectivity index (χ3v) is 2.62. The van der Waals surface area contributed by atoms with Gasteiger partial charge >= 0.3 is 0 Å². The minimum atomic E-state index is -1.72. The number of ether oxygens (including phenoxy) is 1. The number of halogens is 2. The van der Waals surface area contributed by atoms with Gasteiger partial charge in [-0.05, 0) is 12.0 Å². The standard InChI is InChI=1S/C9H11F2NO2/c1-4-2-5-9(8(11)7(4)10)14-3-6(13)12-5/h5,7-9H,1-3H2,(H,12,13). The van der Waals surface area contributed by atoms with Crippen molar-refractivity contribution in [3.05, 3.63) is 12.2 Å². The summed E-state index contributed by atoms with van der Waals surface area (Å²) in [6.07, 6.45) is -4.01. The fourth-order valence-electron chi connectivity index (χ4n) is 1.89. The van der Waals surface area contributed by atoms with Gasteiger partial charge in [0.1, 0.15) is 12.7 Å². The SMILES string of the molecule is C=C1CC2NC(=O)COC2C(F)C1F. The van der Waals surface area contributed by atoms with Gasteiger partial charge in [0.15, 0.2) is 12.3 Å². The number of alkyl halides is 2. The van der Waals surface area contributed by atoms with E-state index in [0.717, 1.165) is 0 Å². The Morgan fingerprint density at radius 3 is 2.93 bits per heavy atom. The van der Waals surface area contributed by atoms with Crippen LogP contribution in [0.2, 0.25) is 0 Å². The van der Waals surface area contributed by atoms with Crippen LogP contribution in [0.25, 0.3) is 0 Å². The van der Waals surface area contributed by atoms with Crippen LogP contribution in [-0.4, -0.2) is 37.0 Å². The predicted octanol–water partition coefficient (Wildman–Crippen LogP) is 0.506. The molecule has 1 N–H and O–H groups in total. The first kappa shape index (κ1) is 9.58. The van der Waals surface area contributed by atoms with E-state index in [1.54, 1.807) is 0 Å². The average molecular weight is 203 g/mol. The van der Waals surface area contributed by atoms with Crippen LogP contribution in [0.4, 0.5) is 8.78 Å². The molecule has 1 aliphatic heterocycles. The zero-order chi connectivity index (χ0) is 10.3. The fraction of sp³-hybridized carbons (Fsp3) is 0.667.